The zero-order valence-electron chi connectivity index (χ0n) is 10.9. The number of carbonyl (C=O) groups is 1. The van der Waals surface area contributed by atoms with Crippen LogP contribution in [0.2, 0.25) is 10.0 Å². The van der Waals surface area contributed by atoms with Crippen LogP contribution < -0.4 is 10.6 Å². The maximum Gasteiger partial charge on any atom is 0.237 e. The van der Waals surface area contributed by atoms with Crippen molar-refractivity contribution in [2.75, 3.05) is 6.54 Å². The SMILES string of the molecule is C[C@@H](NC(=O)[C@H]1CCCCN1)c1ccc(Cl)c(Cl)c1. The molecule has 1 aromatic rings. The molecule has 1 fully saturated rings. The highest BCUT2D eigenvalue weighted by molar-refractivity contribution is 6.42. The largest absolute Gasteiger partial charge is 0.348 e. The molecule has 3 nitrogen and oxygen atoms in total. The van der Waals surface area contributed by atoms with E-state index in [1.165, 1.54) is 0 Å². The molecule has 1 heterocycles. The minimum atomic E-state index is -0.0778. The lowest BCUT2D eigenvalue weighted by Crippen LogP contribution is -2.47. The fourth-order valence-corrected chi connectivity index (χ4v) is 2.56. The van der Waals surface area contributed by atoms with Gasteiger partial charge >= 0.3 is 0 Å². The van der Waals surface area contributed by atoms with E-state index in [9.17, 15) is 4.79 Å². The quantitative estimate of drug-likeness (QED) is 0.899. The van der Waals surface area contributed by atoms with Gasteiger partial charge in [-0.3, -0.25) is 4.79 Å². The summed E-state index contributed by atoms with van der Waals surface area (Å²) < 4.78 is 0. The van der Waals surface area contributed by atoms with Crippen molar-refractivity contribution in [1.82, 2.24) is 10.6 Å². The van der Waals surface area contributed by atoms with Gasteiger partial charge in [0, 0.05) is 0 Å². The number of hydrogen-bond donors (Lipinski definition) is 2. The van der Waals surface area contributed by atoms with Crippen LogP contribution in [0.25, 0.3) is 0 Å². The van der Waals surface area contributed by atoms with Gasteiger partial charge in [-0.25, -0.2) is 0 Å². The van der Waals surface area contributed by atoms with Crippen molar-refractivity contribution in [2.45, 2.75) is 38.3 Å². The van der Waals surface area contributed by atoms with Crippen molar-refractivity contribution < 1.29 is 4.79 Å². The van der Waals surface area contributed by atoms with Crippen LogP contribution in [0.4, 0.5) is 0 Å². The van der Waals surface area contributed by atoms with Crippen LogP contribution in [-0.4, -0.2) is 18.5 Å². The minimum Gasteiger partial charge on any atom is -0.348 e. The number of piperidine rings is 1. The second-order valence-electron chi connectivity index (χ2n) is 4.91. The molecule has 1 saturated heterocycles. The Hall–Kier alpha value is -0.770. The van der Waals surface area contributed by atoms with Gasteiger partial charge in [0.1, 0.15) is 0 Å². The summed E-state index contributed by atoms with van der Waals surface area (Å²) in [5.41, 5.74) is 0.957. The zero-order chi connectivity index (χ0) is 13.8. The van der Waals surface area contributed by atoms with Crippen molar-refractivity contribution >= 4 is 29.1 Å². The average Bonchev–Trinajstić information content (AvgIpc) is 2.42. The Labute approximate surface area is 123 Å². The molecule has 1 aliphatic rings. The maximum atomic E-state index is 12.1. The molecular weight excluding hydrogens is 283 g/mol. The van der Waals surface area contributed by atoms with Crippen LogP contribution in [0.1, 0.15) is 37.8 Å². The molecule has 19 heavy (non-hydrogen) atoms. The van der Waals surface area contributed by atoms with Gasteiger partial charge in [-0.2, -0.15) is 0 Å². The summed E-state index contributed by atoms with van der Waals surface area (Å²) in [5.74, 6) is 0.0540. The first-order chi connectivity index (χ1) is 9.08. The van der Waals surface area contributed by atoms with E-state index in [1.54, 1.807) is 12.1 Å². The van der Waals surface area contributed by atoms with E-state index in [-0.39, 0.29) is 18.0 Å². The normalized spacial score (nSPS) is 20.9. The van der Waals surface area contributed by atoms with E-state index in [2.05, 4.69) is 10.6 Å². The third-order valence-electron chi connectivity index (χ3n) is 3.43. The Kier molecular flexibility index (Phi) is 5.08. The van der Waals surface area contributed by atoms with Crippen molar-refractivity contribution in [3.63, 3.8) is 0 Å². The van der Waals surface area contributed by atoms with Crippen LogP contribution in [0.3, 0.4) is 0 Å². The second kappa shape index (κ2) is 6.60. The molecule has 0 bridgehead atoms. The second-order valence-corrected chi connectivity index (χ2v) is 5.72. The van der Waals surface area contributed by atoms with Gasteiger partial charge in [0.25, 0.3) is 0 Å². The highest BCUT2D eigenvalue weighted by Gasteiger charge is 2.22. The molecule has 2 rings (SSSR count). The Morgan fingerprint density at radius 3 is 2.79 bits per heavy atom. The van der Waals surface area contributed by atoms with Gasteiger partial charge in [-0.15, -0.1) is 0 Å². The monoisotopic (exact) mass is 300 g/mol. The lowest BCUT2D eigenvalue weighted by atomic mass is 10.0. The fraction of sp³-hybridized carbons (Fsp3) is 0.500. The number of halogens is 2. The topological polar surface area (TPSA) is 41.1 Å². The lowest BCUT2D eigenvalue weighted by molar-refractivity contribution is -0.124. The first kappa shape index (κ1) is 14.6. The Morgan fingerprint density at radius 2 is 2.16 bits per heavy atom. The molecule has 0 unspecified atom stereocenters. The molecule has 104 valence electrons. The van der Waals surface area contributed by atoms with Crippen LogP contribution in [0, 0.1) is 0 Å². The number of amides is 1. The van der Waals surface area contributed by atoms with Gasteiger partial charge in [0.15, 0.2) is 0 Å². The molecule has 2 N–H and O–H groups in total. The summed E-state index contributed by atoms with van der Waals surface area (Å²) in [6.45, 7) is 2.86. The number of carbonyl (C=O) groups excluding carboxylic acids is 1. The number of nitrogens with one attached hydrogen (secondary N) is 2. The van der Waals surface area contributed by atoms with E-state index in [0.717, 1.165) is 31.4 Å². The van der Waals surface area contributed by atoms with Gasteiger partial charge in [0.2, 0.25) is 5.91 Å². The highest BCUT2D eigenvalue weighted by Crippen LogP contribution is 2.25. The van der Waals surface area contributed by atoms with Gasteiger partial charge in [-0.1, -0.05) is 35.7 Å². The number of rotatable bonds is 3. The first-order valence-electron chi connectivity index (χ1n) is 6.56. The number of hydrogen-bond acceptors (Lipinski definition) is 2. The summed E-state index contributed by atoms with van der Waals surface area (Å²) in [7, 11) is 0. The molecular formula is C14H18Cl2N2O. The van der Waals surface area contributed by atoms with E-state index < -0.39 is 0 Å². The maximum absolute atomic E-state index is 12.1. The van der Waals surface area contributed by atoms with Gasteiger partial charge < -0.3 is 10.6 Å². The molecule has 0 aliphatic carbocycles. The van der Waals surface area contributed by atoms with Crippen LogP contribution in [-0.2, 0) is 4.79 Å². The van der Waals surface area contributed by atoms with E-state index in [1.807, 2.05) is 13.0 Å². The molecule has 1 amide bonds. The standard InChI is InChI=1S/C14H18Cl2N2O/c1-9(10-5-6-11(15)12(16)8-10)18-14(19)13-4-2-3-7-17-13/h5-6,8-9,13,17H,2-4,7H2,1H3,(H,18,19)/t9-,13-/m1/s1. The van der Waals surface area contributed by atoms with Crippen LogP contribution >= 0.6 is 23.2 Å². The molecule has 2 atom stereocenters. The first-order valence-corrected chi connectivity index (χ1v) is 7.32. The van der Waals surface area contributed by atoms with Crippen molar-refractivity contribution in [1.29, 1.82) is 0 Å². The van der Waals surface area contributed by atoms with Gasteiger partial charge in [0.05, 0.1) is 22.1 Å². The highest BCUT2D eigenvalue weighted by atomic mass is 35.5. The molecule has 0 aromatic heterocycles. The summed E-state index contributed by atoms with van der Waals surface area (Å²) in [4.78, 5) is 12.1. The molecule has 0 saturated carbocycles. The minimum absolute atomic E-state index is 0.0540. The van der Waals surface area contributed by atoms with Crippen molar-refractivity contribution in [3.05, 3.63) is 33.8 Å². The van der Waals surface area contributed by atoms with E-state index in [0.29, 0.717) is 10.0 Å². The summed E-state index contributed by atoms with van der Waals surface area (Å²) in [5, 5.41) is 7.28. The molecule has 5 heteroatoms. The zero-order valence-corrected chi connectivity index (χ0v) is 12.4. The molecule has 0 spiro atoms. The average molecular weight is 301 g/mol. The molecule has 1 aromatic carbocycles. The lowest BCUT2D eigenvalue weighted by Gasteiger charge is -2.24. The Bertz CT molecular complexity index is 459. The Morgan fingerprint density at radius 1 is 1.37 bits per heavy atom. The smallest absolute Gasteiger partial charge is 0.237 e. The summed E-state index contributed by atoms with van der Waals surface area (Å²) in [6.07, 6.45) is 3.15. The van der Waals surface area contributed by atoms with Gasteiger partial charge in [-0.05, 0) is 44.0 Å². The third-order valence-corrected chi connectivity index (χ3v) is 4.17. The van der Waals surface area contributed by atoms with Crippen LogP contribution in [0.5, 0.6) is 0 Å². The summed E-state index contributed by atoms with van der Waals surface area (Å²) >= 11 is 11.9. The van der Waals surface area contributed by atoms with E-state index in [4.69, 9.17) is 23.2 Å². The van der Waals surface area contributed by atoms with Crippen LogP contribution in [0.15, 0.2) is 18.2 Å². The predicted octanol–water partition coefficient (Wildman–Crippen LogP) is 3.31. The molecule has 0 radical (unpaired) electrons. The van der Waals surface area contributed by atoms with Crippen molar-refractivity contribution in [3.8, 4) is 0 Å². The number of benzene rings is 1. The fourth-order valence-electron chi connectivity index (χ4n) is 2.25. The van der Waals surface area contributed by atoms with Crippen molar-refractivity contribution in [2.24, 2.45) is 0 Å². The summed E-state index contributed by atoms with van der Waals surface area (Å²) in [6, 6.07) is 5.28. The van der Waals surface area contributed by atoms with E-state index >= 15 is 0 Å². The Balaban J connectivity index is 1.97. The molecule has 1 aliphatic heterocycles. The third kappa shape index (κ3) is 3.85. The predicted molar refractivity (Wildman–Crippen MR) is 78.7 cm³/mol.